The van der Waals surface area contributed by atoms with E-state index in [-0.39, 0.29) is 17.1 Å². The Balaban J connectivity index is 2.14. The van der Waals surface area contributed by atoms with Crippen molar-refractivity contribution in [2.75, 3.05) is 13.1 Å². The number of amides is 3. The fourth-order valence-corrected chi connectivity index (χ4v) is 2.82. The number of imide groups is 1. The van der Waals surface area contributed by atoms with Crippen LogP contribution in [0.3, 0.4) is 0 Å². The minimum atomic E-state index is -0.580. The maximum atomic E-state index is 12.3. The average Bonchev–Trinajstić information content (AvgIpc) is 2.80. The molecule has 1 aromatic carbocycles. The number of hydrogen-bond donors (Lipinski definition) is 1. The zero-order chi connectivity index (χ0) is 17.7. The lowest BCUT2D eigenvalue weighted by atomic mass is 10.2. The summed E-state index contributed by atoms with van der Waals surface area (Å²) in [5, 5.41) is 12.8. The standard InChI is InChI=1S/C15H15N3O5S/c1-2-6-16-13(19)9-17-14(20)12(24-15(17)21)8-10-4-3-5-11(7-10)18(22)23/h3-5,7-8H,2,6,9H2,1H3,(H,16,19)/b12-8-. The first-order valence-electron chi connectivity index (χ1n) is 7.19. The van der Waals surface area contributed by atoms with Crippen LogP contribution >= 0.6 is 11.8 Å². The summed E-state index contributed by atoms with van der Waals surface area (Å²) in [5.74, 6) is -0.987. The molecule has 1 aliphatic heterocycles. The Hall–Kier alpha value is -2.68. The summed E-state index contributed by atoms with van der Waals surface area (Å²) in [6, 6.07) is 5.73. The van der Waals surface area contributed by atoms with Crippen molar-refractivity contribution < 1.29 is 19.3 Å². The predicted molar refractivity (Wildman–Crippen MR) is 89.1 cm³/mol. The summed E-state index contributed by atoms with van der Waals surface area (Å²) in [7, 11) is 0. The molecule has 0 aromatic heterocycles. The van der Waals surface area contributed by atoms with Crippen molar-refractivity contribution in [3.8, 4) is 0 Å². The highest BCUT2D eigenvalue weighted by molar-refractivity contribution is 8.18. The maximum absolute atomic E-state index is 12.3. The third-order valence-electron chi connectivity index (χ3n) is 3.13. The van der Waals surface area contributed by atoms with Gasteiger partial charge in [-0.15, -0.1) is 0 Å². The number of thioether (sulfide) groups is 1. The van der Waals surface area contributed by atoms with Gasteiger partial charge in [-0.2, -0.15) is 0 Å². The van der Waals surface area contributed by atoms with Crippen molar-refractivity contribution in [1.82, 2.24) is 10.2 Å². The smallest absolute Gasteiger partial charge is 0.294 e. The topological polar surface area (TPSA) is 110 Å². The van der Waals surface area contributed by atoms with Crippen LogP contribution in [-0.4, -0.2) is 40.0 Å². The highest BCUT2D eigenvalue weighted by atomic mass is 32.2. The molecule has 1 fully saturated rings. The van der Waals surface area contributed by atoms with Crippen LogP contribution in [0.1, 0.15) is 18.9 Å². The molecule has 0 radical (unpaired) electrons. The molecule has 24 heavy (non-hydrogen) atoms. The number of carbonyl (C=O) groups is 3. The number of nitro benzene ring substituents is 1. The molecule has 126 valence electrons. The molecule has 0 spiro atoms. The summed E-state index contributed by atoms with van der Waals surface area (Å²) in [4.78, 5) is 47.1. The Morgan fingerprint density at radius 3 is 2.83 bits per heavy atom. The number of rotatable bonds is 6. The van der Waals surface area contributed by atoms with Crippen molar-refractivity contribution in [3.63, 3.8) is 0 Å². The highest BCUT2D eigenvalue weighted by Gasteiger charge is 2.36. The predicted octanol–water partition coefficient (Wildman–Crippen LogP) is 2.16. The molecule has 1 aliphatic rings. The van der Waals surface area contributed by atoms with E-state index in [0.717, 1.165) is 11.3 Å². The van der Waals surface area contributed by atoms with Crippen molar-refractivity contribution in [3.05, 3.63) is 44.8 Å². The van der Waals surface area contributed by atoms with Crippen LogP contribution < -0.4 is 5.32 Å². The Morgan fingerprint density at radius 1 is 1.42 bits per heavy atom. The van der Waals surface area contributed by atoms with Gasteiger partial charge in [-0.05, 0) is 29.8 Å². The first kappa shape index (κ1) is 17.7. The van der Waals surface area contributed by atoms with E-state index in [0.29, 0.717) is 23.9 Å². The van der Waals surface area contributed by atoms with E-state index in [1.165, 1.54) is 24.3 Å². The first-order chi connectivity index (χ1) is 11.4. The van der Waals surface area contributed by atoms with Gasteiger partial charge in [0.25, 0.3) is 16.8 Å². The van der Waals surface area contributed by atoms with E-state index in [1.807, 2.05) is 6.92 Å². The van der Waals surface area contributed by atoms with Gasteiger partial charge in [0.2, 0.25) is 5.91 Å². The summed E-state index contributed by atoms with van der Waals surface area (Å²) < 4.78 is 0. The van der Waals surface area contributed by atoms with Crippen LogP contribution in [0, 0.1) is 10.1 Å². The van der Waals surface area contributed by atoms with E-state index in [9.17, 15) is 24.5 Å². The molecule has 1 heterocycles. The van der Waals surface area contributed by atoms with Crippen LogP contribution in [0.5, 0.6) is 0 Å². The molecule has 0 aliphatic carbocycles. The molecule has 0 atom stereocenters. The van der Waals surface area contributed by atoms with Gasteiger partial charge in [0.05, 0.1) is 9.83 Å². The number of non-ortho nitro benzene ring substituents is 1. The number of nitrogens with one attached hydrogen (secondary N) is 1. The van der Waals surface area contributed by atoms with Crippen molar-refractivity contribution in [2.45, 2.75) is 13.3 Å². The number of nitro groups is 1. The third kappa shape index (κ3) is 4.19. The normalized spacial score (nSPS) is 15.9. The van der Waals surface area contributed by atoms with E-state index >= 15 is 0 Å². The second kappa shape index (κ2) is 7.73. The summed E-state index contributed by atoms with van der Waals surface area (Å²) in [6.07, 6.45) is 2.15. The van der Waals surface area contributed by atoms with Gasteiger partial charge >= 0.3 is 0 Å². The second-order valence-corrected chi connectivity index (χ2v) is 5.96. The quantitative estimate of drug-likeness (QED) is 0.479. The van der Waals surface area contributed by atoms with Crippen LogP contribution in [0.4, 0.5) is 10.5 Å². The first-order valence-corrected chi connectivity index (χ1v) is 8.00. The molecular formula is C15H15N3O5S. The van der Waals surface area contributed by atoms with Crippen LogP contribution in [0.2, 0.25) is 0 Å². The Bertz CT molecular complexity index is 732. The van der Waals surface area contributed by atoms with Gasteiger partial charge in [-0.1, -0.05) is 19.1 Å². The van der Waals surface area contributed by atoms with Gasteiger partial charge in [-0.25, -0.2) is 0 Å². The third-order valence-corrected chi connectivity index (χ3v) is 4.03. The van der Waals surface area contributed by atoms with Crippen LogP contribution in [-0.2, 0) is 9.59 Å². The molecule has 1 saturated heterocycles. The molecule has 0 unspecified atom stereocenters. The molecular weight excluding hydrogens is 334 g/mol. The Labute approximate surface area is 142 Å². The van der Waals surface area contributed by atoms with Crippen molar-refractivity contribution >= 4 is 40.6 Å². The molecule has 0 saturated carbocycles. The molecule has 1 N–H and O–H groups in total. The lowest BCUT2D eigenvalue weighted by Crippen LogP contribution is -2.39. The van der Waals surface area contributed by atoms with E-state index in [4.69, 9.17) is 0 Å². The maximum Gasteiger partial charge on any atom is 0.294 e. The molecule has 1 aromatic rings. The van der Waals surface area contributed by atoms with Gasteiger partial charge in [-0.3, -0.25) is 29.4 Å². The van der Waals surface area contributed by atoms with Gasteiger partial charge in [0, 0.05) is 18.7 Å². The van der Waals surface area contributed by atoms with Crippen molar-refractivity contribution in [1.29, 1.82) is 0 Å². The van der Waals surface area contributed by atoms with E-state index < -0.39 is 22.0 Å². The fraction of sp³-hybridized carbons (Fsp3) is 0.267. The number of benzene rings is 1. The minimum Gasteiger partial charge on any atom is -0.355 e. The van der Waals surface area contributed by atoms with Crippen LogP contribution in [0.15, 0.2) is 29.2 Å². The largest absolute Gasteiger partial charge is 0.355 e. The average molecular weight is 349 g/mol. The van der Waals surface area contributed by atoms with E-state index in [1.54, 1.807) is 6.07 Å². The lowest BCUT2D eigenvalue weighted by molar-refractivity contribution is -0.384. The Morgan fingerprint density at radius 2 is 2.17 bits per heavy atom. The summed E-state index contributed by atoms with van der Waals surface area (Å²) >= 11 is 0.705. The fourth-order valence-electron chi connectivity index (χ4n) is 1.98. The molecule has 8 nitrogen and oxygen atoms in total. The SMILES string of the molecule is CCCNC(=O)CN1C(=O)S/C(=C\c2cccc([N+](=O)[O-])c2)C1=O. The van der Waals surface area contributed by atoms with E-state index in [2.05, 4.69) is 5.32 Å². The lowest BCUT2D eigenvalue weighted by Gasteiger charge is -2.11. The monoisotopic (exact) mass is 349 g/mol. The zero-order valence-corrected chi connectivity index (χ0v) is 13.7. The molecule has 3 amide bonds. The van der Waals surface area contributed by atoms with Crippen LogP contribution in [0.25, 0.3) is 6.08 Å². The van der Waals surface area contributed by atoms with Gasteiger partial charge < -0.3 is 5.32 Å². The zero-order valence-electron chi connectivity index (χ0n) is 12.9. The number of hydrogen-bond acceptors (Lipinski definition) is 6. The van der Waals surface area contributed by atoms with Gasteiger partial charge in [0.1, 0.15) is 6.54 Å². The molecule has 2 rings (SSSR count). The number of carbonyl (C=O) groups excluding carboxylic acids is 3. The molecule has 0 bridgehead atoms. The highest BCUT2D eigenvalue weighted by Crippen LogP contribution is 2.32. The minimum absolute atomic E-state index is 0.109. The van der Waals surface area contributed by atoms with Crippen molar-refractivity contribution in [2.24, 2.45) is 0 Å². The number of nitrogens with zero attached hydrogens (tertiary/aromatic N) is 2. The summed E-state index contributed by atoms with van der Waals surface area (Å²) in [6.45, 7) is 2.03. The summed E-state index contributed by atoms with van der Waals surface area (Å²) in [5.41, 5.74) is 0.326. The van der Waals surface area contributed by atoms with Gasteiger partial charge in [0.15, 0.2) is 0 Å². The second-order valence-electron chi connectivity index (χ2n) is 4.97. The molecule has 9 heteroatoms. The Kier molecular flexibility index (Phi) is 5.69.